The lowest BCUT2D eigenvalue weighted by molar-refractivity contribution is 0.238. The Morgan fingerprint density at radius 3 is 2.58 bits per heavy atom. The van der Waals surface area contributed by atoms with Gasteiger partial charge in [-0.1, -0.05) is 29.8 Å². The number of nitrogens with zero attached hydrogens (tertiary/aromatic N) is 1. The number of halogens is 1. The molecule has 1 aliphatic rings. The van der Waals surface area contributed by atoms with E-state index < -0.39 is 0 Å². The number of hydrogen-bond donors (Lipinski definition) is 0. The zero-order valence-corrected chi connectivity index (χ0v) is 9.97. The summed E-state index contributed by atoms with van der Waals surface area (Å²) in [5.74, 6) is 1.69. The topological polar surface area (TPSA) is 3.24 Å². The van der Waals surface area contributed by atoms with Gasteiger partial charge in [-0.05, 0) is 25.2 Å². The predicted octanol–water partition coefficient (Wildman–Crippen LogP) is 2.75. The summed E-state index contributed by atoms with van der Waals surface area (Å²) in [6.07, 6.45) is 1.38. The molecule has 1 fully saturated rings. The number of rotatable bonds is 3. The molecule has 1 nitrogen and oxygen atoms in total. The van der Waals surface area contributed by atoms with Crippen LogP contribution in [0.25, 0.3) is 0 Å². The minimum absolute atomic E-state index is 0.790. The molecule has 0 N–H and O–H groups in total. The molecule has 1 rings (SSSR count). The molecule has 0 saturated carbocycles. The Labute approximate surface area is 84.6 Å². The quantitative estimate of drug-likeness (QED) is 0.679. The van der Waals surface area contributed by atoms with Gasteiger partial charge in [0.05, 0.1) is 0 Å². The van der Waals surface area contributed by atoms with Gasteiger partial charge in [0, 0.05) is 24.5 Å². The van der Waals surface area contributed by atoms with Crippen LogP contribution in [-0.2, 0) is 0 Å². The zero-order valence-electron chi connectivity index (χ0n) is 8.39. The maximum atomic E-state index is 3.53. The van der Waals surface area contributed by atoms with Crippen molar-refractivity contribution in [1.29, 1.82) is 0 Å². The van der Waals surface area contributed by atoms with E-state index in [0.29, 0.717) is 0 Å². The Balaban J connectivity index is 2.32. The summed E-state index contributed by atoms with van der Waals surface area (Å²) in [4.78, 5) is 2.62. The predicted molar refractivity (Wildman–Crippen MR) is 57.8 cm³/mol. The fourth-order valence-corrected chi connectivity index (χ4v) is 2.29. The second-order valence-corrected chi connectivity index (χ2v) is 5.05. The molecule has 0 spiro atoms. The molecular formula is C10H20BrN. The van der Waals surface area contributed by atoms with Crippen LogP contribution in [-0.4, -0.2) is 29.4 Å². The number of likely N-dealkylation sites (tertiary alicyclic amines) is 1. The van der Waals surface area contributed by atoms with Gasteiger partial charge in [-0.25, -0.2) is 0 Å². The minimum Gasteiger partial charge on any atom is -0.300 e. The minimum atomic E-state index is 0.790. The van der Waals surface area contributed by atoms with E-state index in [2.05, 4.69) is 41.6 Å². The van der Waals surface area contributed by atoms with Crippen LogP contribution in [0.3, 0.4) is 0 Å². The highest BCUT2D eigenvalue weighted by Gasteiger charge is 2.26. The summed E-state index contributed by atoms with van der Waals surface area (Å²) >= 11 is 3.53. The summed E-state index contributed by atoms with van der Waals surface area (Å²) in [6, 6.07) is 0.807. The lowest BCUT2D eigenvalue weighted by atomic mass is 10.1. The molecule has 1 heterocycles. The van der Waals surface area contributed by atoms with Crippen LogP contribution in [0.5, 0.6) is 0 Å². The van der Waals surface area contributed by atoms with Gasteiger partial charge in [0.2, 0.25) is 0 Å². The molecule has 2 heteroatoms. The van der Waals surface area contributed by atoms with Gasteiger partial charge >= 0.3 is 0 Å². The molecule has 12 heavy (non-hydrogen) atoms. The highest BCUT2D eigenvalue weighted by atomic mass is 79.9. The van der Waals surface area contributed by atoms with Gasteiger partial charge in [0.1, 0.15) is 0 Å². The van der Waals surface area contributed by atoms with Crippen molar-refractivity contribution in [2.75, 3.05) is 18.4 Å². The highest BCUT2D eigenvalue weighted by molar-refractivity contribution is 9.09. The third-order valence-corrected chi connectivity index (χ3v) is 3.83. The molecule has 0 aromatic rings. The van der Waals surface area contributed by atoms with Crippen LogP contribution < -0.4 is 0 Å². The van der Waals surface area contributed by atoms with E-state index in [0.717, 1.165) is 23.2 Å². The summed E-state index contributed by atoms with van der Waals surface area (Å²) in [7, 11) is 0. The lowest BCUT2D eigenvalue weighted by Gasteiger charge is -2.23. The van der Waals surface area contributed by atoms with Crippen molar-refractivity contribution in [3.63, 3.8) is 0 Å². The Hall–Kier alpha value is 0.440. The lowest BCUT2D eigenvalue weighted by Crippen LogP contribution is -2.32. The van der Waals surface area contributed by atoms with Gasteiger partial charge in [-0.15, -0.1) is 0 Å². The molecule has 1 aliphatic heterocycles. The van der Waals surface area contributed by atoms with Gasteiger partial charge in [-0.3, -0.25) is 0 Å². The molecule has 0 aliphatic carbocycles. The maximum Gasteiger partial charge on any atom is 0.00701 e. The van der Waals surface area contributed by atoms with Crippen molar-refractivity contribution in [1.82, 2.24) is 4.90 Å². The van der Waals surface area contributed by atoms with Crippen LogP contribution in [0.4, 0.5) is 0 Å². The van der Waals surface area contributed by atoms with Crippen LogP contribution in [0.15, 0.2) is 0 Å². The molecule has 0 bridgehead atoms. The van der Waals surface area contributed by atoms with Crippen molar-refractivity contribution in [2.45, 2.75) is 33.2 Å². The van der Waals surface area contributed by atoms with E-state index in [1.54, 1.807) is 0 Å². The first-order chi connectivity index (χ1) is 5.63. The highest BCUT2D eigenvalue weighted by Crippen LogP contribution is 2.23. The standard InChI is InChI=1S/C10H20BrN/c1-8-4-10(3)12(6-8)7-9(2)5-11/h8-10H,4-7H2,1-3H3. The van der Waals surface area contributed by atoms with E-state index in [1.165, 1.54) is 19.5 Å². The van der Waals surface area contributed by atoms with Crippen molar-refractivity contribution in [2.24, 2.45) is 11.8 Å². The monoisotopic (exact) mass is 233 g/mol. The molecule has 0 aromatic heterocycles. The zero-order chi connectivity index (χ0) is 9.14. The number of hydrogen-bond acceptors (Lipinski definition) is 1. The smallest absolute Gasteiger partial charge is 0.00701 e. The van der Waals surface area contributed by atoms with E-state index >= 15 is 0 Å². The van der Waals surface area contributed by atoms with Gasteiger partial charge in [0.15, 0.2) is 0 Å². The molecular weight excluding hydrogens is 214 g/mol. The van der Waals surface area contributed by atoms with Crippen molar-refractivity contribution < 1.29 is 0 Å². The Morgan fingerprint density at radius 2 is 2.17 bits per heavy atom. The van der Waals surface area contributed by atoms with Gasteiger partial charge < -0.3 is 4.90 Å². The normalized spacial score (nSPS) is 34.0. The maximum absolute atomic E-state index is 3.53. The molecule has 0 aromatic carbocycles. The van der Waals surface area contributed by atoms with Crippen molar-refractivity contribution in [3.05, 3.63) is 0 Å². The van der Waals surface area contributed by atoms with Crippen LogP contribution in [0.2, 0.25) is 0 Å². The first-order valence-electron chi connectivity index (χ1n) is 4.93. The molecule has 1 saturated heterocycles. The Morgan fingerprint density at radius 1 is 1.50 bits per heavy atom. The third kappa shape index (κ3) is 2.74. The molecule has 0 radical (unpaired) electrons. The van der Waals surface area contributed by atoms with E-state index in [4.69, 9.17) is 0 Å². The summed E-state index contributed by atoms with van der Waals surface area (Å²) in [6.45, 7) is 9.58. The Bertz CT molecular complexity index is 138. The van der Waals surface area contributed by atoms with Crippen LogP contribution in [0.1, 0.15) is 27.2 Å². The Kier molecular flexibility index (Phi) is 4.04. The van der Waals surface area contributed by atoms with Crippen LogP contribution >= 0.6 is 15.9 Å². The largest absolute Gasteiger partial charge is 0.300 e. The molecule has 3 unspecified atom stereocenters. The first kappa shape index (κ1) is 10.5. The first-order valence-corrected chi connectivity index (χ1v) is 6.05. The van der Waals surface area contributed by atoms with E-state index in [-0.39, 0.29) is 0 Å². The van der Waals surface area contributed by atoms with Gasteiger partial charge in [0.25, 0.3) is 0 Å². The molecule has 0 amide bonds. The summed E-state index contributed by atoms with van der Waals surface area (Å²) in [5.41, 5.74) is 0. The van der Waals surface area contributed by atoms with Crippen molar-refractivity contribution in [3.8, 4) is 0 Å². The van der Waals surface area contributed by atoms with E-state index in [1.807, 2.05) is 0 Å². The molecule has 3 atom stereocenters. The van der Waals surface area contributed by atoms with Gasteiger partial charge in [-0.2, -0.15) is 0 Å². The average molecular weight is 234 g/mol. The SMILES string of the molecule is CC(CBr)CN1CC(C)CC1C. The van der Waals surface area contributed by atoms with Crippen LogP contribution in [0, 0.1) is 11.8 Å². The summed E-state index contributed by atoms with van der Waals surface area (Å²) in [5, 5.41) is 1.13. The summed E-state index contributed by atoms with van der Waals surface area (Å²) < 4.78 is 0. The molecule has 72 valence electrons. The van der Waals surface area contributed by atoms with Crippen molar-refractivity contribution >= 4 is 15.9 Å². The number of alkyl halides is 1. The second-order valence-electron chi connectivity index (χ2n) is 4.40. The fraction of sp³-hybridized carbons (Fsp3) is 1.00. The fourth-order valence-electron chi connectivity index (χ4n) is 2.09. The third-order valence-electron chi connectivity index (χ3n) is 2.72. The van der Waals surface area contributed by atoms with E-state index in [9.17, 15) is 0 Å². The average Bonchev–Trinajstić information content (AvgIpc) is 2.30. The second kappa shape index (κ2) is 4.61.